The van der Waals surface area contributed by atoms with Gasteiger partial charge in [-0.2, -0.15) is 0 Å². The molecule has 2 aromatic heterocycles. The summed E-state index contributed by atoms with van der Waals surface area (Å²) in [6.45, 7) is 6.66. The van der Waals surface area contributed by atoms with E-state index in [4.69, 9.17) is 0 Å². The van der Waals surface area contributed by atoms with Crippen molar-refractivity contribution in [3.05, 3.63) is 58.7 Å². The van der Waals surface area contributed by atoms with Gasteiger partial charge in [-0.05, 0) is 25.1 Å². The molecule has 0 unspecified atom stereocenters. The van der Waals surface area contributed by atoms with E-state index in [-0.39, 0.29) is 5.56 Å². The highest BCUT2D eigenvalue weighted by Gasteiger charge is 2.19. The van der Waals surface area contributed by atoms with Gasteiger partial charge in [-0.15, -0.1) is 0 Å². The minimum absolute atomic E-state index is 0.00860. The zero-order valence-corrected chi connectivity index (χ0v) is 15.1. The Bertz CT molecular complexity index is 991. The molecule has 1 aliphatic heterocycles. The number of nitrogens with zero attached hydrogens (tertiary/aromatic N) is 6. The highest BCUT2D eigenvalue weighted by atomic mass is 16.1. The predicted molar refractivity (Wildman–Crippen MR) is 101 cm³/mol. The van der Waals surface area contributed by atoms with Crippen LogP contribution in [0.4, 0.5) is 5.69 Å². The fourth-order valence-corrected chi connectivity index (χ4v) is 3.36. The van der Waals surface area contributed by atoms with E-state index in [1.54, 1.807) is 25.8 Å². The average molecular weight is 350 g/mol. The first-order valence-electron chi connectivity index (χ1n) is 8.81. The quantitative estimate of drug-likeness (QED) is 0.710. The monoisotopic (exact) mass is 350 g/mol. The smallest absolute Gasteiger partial charge is 0.260 e. The predicted octanol–water partition coefficient (Wildman–Crippen LogP) is 1.35. The van der Waals surface area contributed by atoms with Crippen LogP contribution in [0.25, 0.3) is 10.9 Å². The Morgan fingerprint density at radius 3 is 2.58 bits per heavy atom. The average Bonchev–Trinajstić information content (AvgIpc) is 2.67. The molecule has 1 saturated heterocycles. The molecule has 0 atom stereocenters. The summed E-state index contributed by atoms with van der Waals surface area (Å²) in [5.41, 5.74) is 3.91. The Morgan fingerprint density at radius 1 is 1.04 bits per heavy atom. The van der Waals surface area contributed by atoms with Gasteiger partial charge in [0.05, 0.1) is 28.6 Å². The molecule has 1 fully saturated rings. The molecule has 1 aliphatic rings. The van der Waals surface area contributed by atoms with E-state index >= 15 is 0 Å². The molecule has 3 heterocycles. The van der Waals surface area contributed by atoms with Crippen molar-refractivity contribution in [1.29, 1.82) is 0 Å². The number of anilines is 1. The van der Waals surface area contributed by atoms with Crippen molar-refractivity contribution in [3.8, 4) is 0 Å². The van der Waals surface area contributed by atoms with Gasteiger partial charge in [0.25, 0.3) is 5.56 Å². The minimum atomic E-state index is -0.00860. The van der Waals surface area contributed by atoms with Crippen LogP contribution in [-0.4, -0.2) is 50.6 Å². The summed E-state index contributed by atoms with van der Waals surface area (Å²) in [6.07, 6.45) is 5.07. The lowest BCUT2D eigenvalue weighted by molar-refractivity contribution is 0.246. The fourth-order valence-electron chi connectivity index (χ4n) is 3.36. The second-order valence-corrected chi connectivity index (χ2v) is 6.71. The molecule has 0 spiro atoms. The van der Waals surface area contributed by atoms with Crippen molar-refractivity contribution in [3.63, 3.8) is 0 Å². The summed E-state index contributed by atoms with van der Waals surface area (Å²) in [4.78, 5) is 30.0. The maximum atomic E-state index is 12.2. The van der Waals surface area contributed by atoms with Gasteiger partial charge in [-0.1, -0.05) is 0 Å². The van der Waals surface area contributed by atoms with Crippen molar-refractivity contribution in [2.24, 2.45) is 7.05 Å². The van der Waals surface area contributed by atoms with E-state index < -0.39 is 0 Å². The van der Waals surface area contributed by atoms with E-state index in [2.05, 4.69) is 24.8 Å². The number of piperazine rings is 1. The van der Waals surface area contributed by atoms with Crippen molar-refractivity contribution in [1.82, 2.24) is 24.4 Å². The highest BCUT2D eigenvalue weighted by Crippen LogP contribution is 2.21. The lowest BCUT2D eigenvalue weighted by atomic mass is 10.2. The normalized spacial score (nSPS) is 15.5. The summed E-state index contributed by atoms with van der Waals surface area (Å²) in [5.74, 6) is 0. The van der Waals surface area contributed by atoms with Gasteiger partial charge in [0.1, 0.15) is 0 Å². The van der Waals surface area contributed by atoms with Crippen LogP contribution in [-0.2, 0) is 13.6 Å². The van der Waals surface area contributed by atoms with Crippen LogP contribution in [0.1, 0.15) is 11.4 Å². The number of aryl methyl sites for hydroxylation is 2. The molecule has 0 radical (unpaired) electrons. The summed E-state index contributed by atoms with van der Waals surface area (Å²) in [6, 6.07) is 5.92. The molecule has 0 bridgehead atoms. The largest absolute Gasteiger partial charge is 0.369 e. The van der Waals surface area contributed by atoms with Crippen LogP contribution in [0.2, 0.25) is 0 Å². The third-order valence-electron chi connectivity index (χ3n) is 5.00. The SMILES string of the molecule is Cc1nccnc1CN1CCN(c2ccc3c(=O)n(C)cnc3c2)CC1. The zero-order chi connectivity index (χ0) is 18.1. The van der Waals surface area contributed by atoms with Crippen LogP contribution >= 0.6 is 0 Å². The zero-order valence-electron chi connectivity index (χ0n) is 15.1. The fraction of sp³-hybridized carbons (Fsp3) is 0.368. The molecule has 0 saturated carbocycles. The Morgan fingerprint density at radius 2 is 1.81 bits per heavy atom. The van der Waals surface area contributed by atoms with Gasteiger partial charge >= 0.3 is 0 Å². The van der Waals surface area contributed by atoms with Crippen molar-refractivity contribution in [2.75, 3.05) is 31.1 Å². The van der Waals surface area contributed by atoms with Crippen molar-refractivity contribution in [2.45, 2.75) is 13.5 Å². The number of hydrogen-bond donors (Lipinski definition) is 0. The maximum absolute atomic E-state index is 12.2. The van der Waals surface area contributed by atoms with Crippen LogP contribution in [0.5, 0.6) is 0 Å². The van der Waals surface area contributed by atoms with E-state index in [1.165, 1.54) is 4.57 Å². The molecular weight excluding hydrogens is 328 g/mol. The van der Waals surface area contributed by atoms with Gasteiger partial charge < -0.3 is 9.47 Å². The third kappa shape index (κ3) is 3.17. The number of aromatic nitrogens is 4. The molecule has 0 N–H and O–H groups in total. The van der Waals surface area contributed by atoms with Crippen LogP contribution in [0, 0.1) is 6.92 Å². The van der Waals surface area contributed by atoms with Gasteiger partial charge in [-0.3, -0.25) is 19.7 Å². The summed E-state index contributed by atoms with van der Waals surface area (Å²) in [7, 11) is 1.72. The Balaban J connectivity index is 1.46. The first kappa shape index (κ1) is 16.7. The third-order valence-corrected chi connectivity index (χ3v) is 5.00. The lowest BCUT2D eigenvalue weighted by Gasteiger charge is -2.36. The van der Waals surface area contributed by atoms with Gasteiger partial charge in [0, 0.05) is 57.9 Å². The number of fused-ring (bicyclic) bond motifs is 1. The second kappa shape index (κ2) is 6.84. The van der Waals surface area contributed by atoms with Crippen molar-refractivity contribution >= 4 is 16.6 Å². The lowest BCUT2D eigenvalue weighted by Crippen LogP contribution is -2.46. The minimum Gasteiger partial charge on any atom is -0.369 e. The van der Waals surface area contributed by atoms with E-state index in [0.717, 1.165) is 55.3 Å². The summed E-state index contributed by atoms with van der Waals surface area (Å²) >= 11 is 0. The molecule has 7 heteroatoms. The number of hydrogen-bond acceptors (Lipinski definition) is 6. The molecular formula is C19H22N6O. The molecule has 0 aliphatic carbocycles. The van der Waals surface area contributed by atoms with Crippen LogP contribution in [0.15, 0.2) is 41.7 Å². The first-order chi connectivity index (χ1) is 12.6. The molecule has 0 amide bonds. The summed E-state index contributed by atoms with van der Waals surface area (Å²) in [5, 5.41) is 0.663. The number of rotatable bonds is 3. The van der Waals surface area contributed by atoms with Crippen LogP contribution < -0.4 is 10.5 Å². The molecule has 1 aromatic carbocycles. The standard InChI is InChI=1S/C19H22N6O/c1-14-18(21-6-5-20-14)12-24-7-9-25(10-8-24)15-3-4-16-17(11-15)22-13-23(2)19(16)26/h3-6,11,13H,7-10,12H2,1-2H3. The van der Waals surface area contributed by atoms with Gasteiger partial charge in [0.15, 0.2) is 0 Å². The Hall–Kier alpha value is -2.80. The molecule has 26 heavy (non-hydrogen) atoms. The first-order valence-corrected chi connectivity index (χ1v) is 8.81. The van der Waals surface area contributed by atoms with Gasteiger partial charge in [0.2, 0.25) is 0 Å². The van der Waals surface area contributed by atoms with Gasteiger partial charge in [-0.25, -0.2) is 4.98 Å². The topological polar surface area (TPSA) is 67.2 Å². The number of benzene rings is 1. The molecule has 134 valence electrons. The van der Waals surface area contributed by atoms with Crippen LogP contribution in [0.3, 0.4) is 0 Å². The Labute approximate surface area is 151 Å². The molecule has 7 nitrogen and oxygen atoms in total. The maximum Gasteiger partial charge on any atom is 0.260 e. The van der Waals surface area contributed by atoms with E-state index in [0.29, 0.717) is 5.39 Å². The molecule has 4 rings (SSSR count). The van der Waals surface area contributed by atoms with Crippen molar-refractivity contribution < 1.29 is 0 Å². The Kier molecular flexibility index (Phi) is 4.38. The van der Waals surface area contributed by atoms with E-state index in [1.807, 2.05) is 25.1 Å². The summed E-state index contributed by atoms with van der Waals surface area (Å²) < 4.78 is 1.51. The second-order valence-electron chi connectivity index (χ2n) is 6.71. The molecule has 3 aromatic rings. The highest BCUT2D eigenvalue weighted by molar-refractivity contribution is 5.81. The van der Waals surface area contributed by atoms with E-state index in [9.17, 15) is 4.79 Å².